The zero-order valence-corrected chi connectivity index (χ0v) is 24.1. The van der Waals surface area contributed by atoms with Crippen LogP contribution in [0.25, 0.3) is 0 Å². The molecule has 40 heavy (non-hydrogen) atoms. The van der Waals surface area contributed by atoms with Crippen molar-refractivity contribution in [2.75, 3.05) is 13.2 Å². The predicted molar refractivity (Wildman–Crippen MR) is 152 cm³/mol. The number of terminal acetylenes is 1. The van der Waals surface area contributed by atoms with E-state index in [4.69, 9.17) is 15.9 Å². The van der Waals surface area contributed by atoms with Crippen LogP contribution in [0.15, 0.2) is 48.5 Å². The maximum Gasteiger partial charge on any atom is 0.408 e. The van der Waals surface area contributed by atoms with E-state index >= 15 is 0 Å². The highest BCUT2D eigenvalue weighted by Crippen LogP contribution is 2.27. The molecule has 2 unspecified atom stereocenters. The summed E-state index contributed by atoms with van der Waals surface area (Å²) in [5, 5.41) is 5.35. The number of amides is 3. The fraction of sp³-hybridized carbons (Fsp3) is 0.419. The van der Waals surface area contributed by atoms with E-state index in [-0.39, 0.29) is 26.0 Å². The van der Waals surface area contributed by atoms with Crippen LogP contribution in [0.5, 0.6) is 0 Å². The largest absolute Gasteiger partial charge is 0.466 e. The second-order valence-electron chi connectivity index (χ2n) is 10.3. The first-order chi connectivity index (χ1) is 18.9. The molecule has 0 aliphatic carbocycles. The Kier molecular flexibility index (Phi) is 11.7. The van der Waals surface area contributed by atoms with Crippen molar-refractivity contribution in [2.45, 2.75) is 72.1 Å². The molecule has 0 saturated carbocycles. The van der Waals surface area contributed by atoms with Gasteiger partial charge in [-0.3, -0.25) is 19.3 Å². The lowest BCUT2D eigenvalue weighted by Gasteiger charge is -2.31. The van der Waals surface area contributed by atoms with Gasteiger partial charge in [0.25, 0.3) is 5.91 Å². The van der Waals surface area contributed by atoms with Crippen molar-refractivity contribution >= 4 is 23.9 Å². The van der Waals surface area contributed by atoms with Crippen molar-refractivity contribution in [3.63, 3.8) is 0 Å². The van der Waals surface area contributed by atoms with Crippen LogP contribution in [-0.4, -0.2) is 53.6 Å². The number of nitrogens with one attached hydrogen (secondary N) is 2. The third kappa shape index (κ3) is 9.45. The molecular weight excluding hydrogens is 510 g/mol. The molecule has 2 rings (SSSR count). The van der Waals surface area contributed by atoms with Crippen molar-refractivity contribution < 1.29 is 28.7 Å². The summed E-state index contributed by atoms with van der Waals surface area (Å²) >= 11 is 0. The normalized spacial score (nSPS) is 12.3. The maximum absolute atomic E-state index is 14.0. The fourth-order valence-corrected chi connectivity index (χ4v) is 4.02. The van der Waals surface area contributed by atoms with Crippen molar-refractivity contribution in [1.82, 2.24) is 15.5 Å². The number of ether oxygens (including phenoxy) is 2. The van der Waals surface area contributed by atoms with Crippen LogP contribution in [-0.2, 0) is 30.3 Å². The van der Waals surface area contributed by atoms with Gasteiger partial charge in [0.05, 0.1) is 13.0 Å². The Morgan fingerprint density at radius 2 is 1.70 bits per heavy atom. The number of hydrogen-bond acceptors (Lipinski definition) is 6. The Morgan fingerprint density at radius 1 is 1.02 bits per heavy atom. The molecule has 0 bridgehead atoms. The molecule has 0 aliphatic rings. The van der Waals surface area contributed by atoms with Crippen LogP contribution in [0.1, 0.15) is 62.4 Å². The Bertz CT molecular complexity index is 1230. The molecule has 9 heteroatoms. The molecular formula is C31H39N3O6. The molecule has 2 N–H and O–H groups in total. The summed E-state index contributed by atoms with van der Waals surface area (Å²) in [7, 11) is 0. The molecule has 0 heterocycles. The SMILES string of the molecule is C#CN(C(=O)C(Cc1ccccc1)NC(=O)OC(C)(C)C)C(C(=O)NCCC(=O)OCC)c1cccc(C)c1C. The number of rotatable bonds is 11. The lowest BCUT2D eigenvalue weighted by molar-refractivity contribution is -0.143. The summed E-state index contributed by atoms with van der Waals surface area (Å²) < 4.78 is 10.3. The van der Waals surface area contributed by atoms with Crippen LogP contribution in [0, 0.1) is 26.3 Å². The molecule has 9 nitrogen and oxygen atoms in total. The number of nitrogens with zero attached hydrogens (tertiary/aromatic N) is 1. The minimum absolute atomic E-state index is 0.00473. The second-order valence-corrected chi connectivity index (χ2v) is 10.3. The van der Waals surface area contributed by atoms with Gasteiger partial charge in [-0.15, -0.1) is 0 Å². The molecule has 2 aromatic carbocycles. The second kappa shape index (κ2) is 14.7. The number of esters is 1. The van der Waals surface area contributed by atoms with Crippen LogP contribution in [0.3, 0.4) is 0 Å². The smallest absolute Gasteiger partial charge is 0.408 e. The van der Waals surface area contributed by atoms with Gasteiger partial charge in [-0.1, -0.05) is 55.0 Å². The average molecular weight is 550 g/mol. The fourth-order valence-electron chi connectivity index (χ4n) is 4.02. The predicted octanol–water partition coefficient (Wildman–Crippen LogP) is 3.97. The maximum atomic E-state index is 14.0. The summed E-state index contributed by atoms with van der Waals surface area (Å²) in [4.78, 5) is 53.1. The van der Waals surface area contributed by atoms with E-state index in [1.807, 2.05) is 50.2 Å². The van der Waals surface area contributed by atoms with Crippen molar-refractivity contribution in [2.24, 2.45) is 0 Å². The highest BCUT2D eigenvalue weighted by molar-refractivity contribution is 5.93. The first kappa shape index (κ1) is 31.9. The highest BCUT2D eigenvalue weighted by Gasteiger charge is 2.36. The molecule has 0 spiro atoms. The zero-order chi connectivity index (χ0) is 29.9. The molecule has 214 valence electrons. The van der Waals surface area contributed by atoms with E-state index in [9.17, 15) is 19.2 Å². The minimum Gasteiger partial charge on any atom is -0.466 e. The standard InChI is InChI=1S/C31H39N3O6/c1-8-34(29(37)25(20-23-15-11-10-12-16-23)33-30(38)40-31(5,6)7)27(24-17-13-14-21(3)22(24)4)28(36)32-19-18-26(35)39-9-2/h1,10-17,25,27H,9,18-20H2,2-7H3,(H,32,36)(H,33,38). The van der Waals surface area contributed by atoms with Gasteiger partial charge in [0.1, 0.15) is 17.7 Å². The lowest BCUT2D eigenvalue weighted by Crippen LogP contribution is -2.52. The monoisotopic (exact) mass is 549 g/mol. The molecule has 2 atom stereocenters. The van der Waals surface area contributed by atoms with E-state index in [0.717, 1.165) is 21.6 Å². The molecule has 0 radical (unpaired) electrons. The molecule has 3 amide bonds. The van der Waals surface area contributed by atoms with Crippen LogP contribution in [0.2, 0.25) is 0 Å². The van der Waals surface area contributed by atoms with Crippen molar-refractivity contribution in [3.8, 4) is 12.5 Å². The van der Waals surface area contributed by atoms with Gasteiger partial charge in [0, 0.05) is 19.0 Å². The molecule has 0 saturated heterocycles. The number of carbonyl (C=O) groups excluding carboxylic acids is 4. The summed E-state index contributed by atoms with van der Waals surface area (Å²) in [6.07, 6.45) is 5.15. The first-order valence-corrected chi connectivity index (χ1v) is 13.2. The summed E-state index contributed by atoms with van der Waals surface area (Å²) in [6, 6.07) is 14.5. The van der Waals surface area contributed by atoms with E-state index in [2.05, 4.69) is 16.7 Å². The number of aryl methyl sites for hydroxylation is 1. The molecule has 0 fully saturated rings. The van der Waals surface area contributed by atoms with Crippen molar-refractivity contribution in [1.29, 1.82) is 0 Å². The number of benzene rings is 2. The Balaban J connectivity index is 2.47. The van der Waals surface area contributed by atoms with Gasteiger partial charge in [-0.05, 0) is 63.8 Å². The average Bonchev–Trinajstić information content (AvgIpc) is 2.88. The van der Waals surface area contributed by atoms with Gasteiger partial charge < -0.3 is 20.1 Å². The van der Waals surface area contributed by atoms with Gasteiger partial charge in [0.2, 0.25) is 5.91 Å². The summed E-state index contributed by atoms with van der Waals surface area (Å²) in [5.41, 5.74) is 2.18. The van der Waals surface area contributed by atoms with Crippen LogP contribution in [0.4, 0.5) is 4.79 Å². The van der Waals surface area contributed by atoms with Crippen LogP contribution >= 0.6 is 0 Å². The minimum atomic E-state index is -1.22. The van der Waals surface area contributed by atoms with E-state index in [1.165, 1.54) is 0 Å². The first-order valence-electron chi connectivity index (χ1n) is 13.2. The van der Waals surface area contributed by atoms with E-state index < -0.39 is 41.6 Å². The van der Waals surface area contributed by atoms with Gasteiger partial charge >= 0.3 is 12.1 Å². The van der Waals surface area contributed by atoms with E-state index in [1.54, 1.807) is 39.8 Å². The Morgan fingerprint density at radius 3 is 2.30 bits per heavy atom. The Hall–Kier alpha value is -4.32. The van der Waals surface area contributed by atoms with Crippen molar-refractivity contribution in [3.05, 3.63) is 70.8 Å². The van der Waals surface area contributed by atoms with E-state index in [0.29, 0.717) is 5.56 Å². The highest BCUT2D eigenvalue weighted by atomic mass is 16.6. The molecule has 0 aliphatic heterocycles. The van der Waals surface area contributed by atoms with Crippen LogP contribution < -0.4 is 10.6 Å². The van der Waals surface area contributed by atoms with Gasteiger partial charge in [-0.2, -0.15) is 0 Å². The zero-order valence-electron chi connectivity index (χ0n) is 24.1. The lowest BCUT2D eigenvalue weighted by atomic mass is 9.95. The summed E-state index contributed by atoms with van der Waals surface area (Å²) in [5.74, 6) is -1.69. The third-order valence-corrected chi connectivity index (χ3v) is 6.03. The summed E-state index contributed by atoms with van der Waals surface area (Å²) in [6.45, 7) is 10.8. The molecule has 2 aromatic rings. The Labute approximate surface area is 236 Å². The number of hydrogen-bond donors (Lipinski definition) is 2. The quantitative estimate of drug-likeness (QED) is 0.249. The topological polar surface area (TPSA) is 114 Å². The number of carbonyl (C=O) groups is 4. The molecule has 0 aromatic heterocycles. The number of alkyl carbamates (subject to hydrolysis) is 1. The van der Waals surface area contributed by atoms with Gasteiger partial charge in [0.15, 0.2) is 0 Å². The third-order valence-electron chi connectivity index (χ3n) is 6.03. The van der Waals surface area contributed by atoms with Gasteiger partial charge in [-0.25, -0.2) is 4.79 Å².